The van der Waals surface area contributed by atoms with E-state index in [1.54, 1.807) is 0 Å². The summed E-state index contributed by atoms with van der Waals surface area (Å²) in [6, 6.07) is 8.16. The maximum atomic E-state index is 10.4. The third-order valence-corrected chi connectivity index (χ3v) is 4.50. The number of benzene rings is 1. The van der Waals surface area contributed by atoms with Crippen LogP contribution in [0.1, 0.15) is 45.4 Å². The molecule has 0 aliphatic carbocycles. The van der Waals surface area contributed by atoms with Gasteiger partial charge in [-0.3, -0.25) is 0 Å². The first kappa shape index (κ1) is 14.9. The van der Waals surface area contributed by atoms with Gasteiger partial charge in [-0.25, -0.2) is 0 Å². The Morgan fingerprint density at radius 3 is 2.65 bits per heavy atom. The minimum Gasteiger partial charge on any atom is -0.315 e. The zero-order valence-corrected chi connectivity index (χ0v) is 12.7. The monoisotopic (exact) mass is 291 g/mol. The summed E-state index contributed by atoms with van der Waals surface area (Å²) in [4.78, 5) is 11.1. The van der Waals surface area contributed by atoms with Crippen LogP contribution >= 0.6 is 11.3 Å². The number of para-hydroxylation sites is 1. The van der Waals surface area contributed by atoms with E-state index < -0.39 is 0 Å². The highest BCUT2D eigenvalue weighted by molar-refractivity contribution is 7.16. The molecule has 1 heterocycles. The van der Waals surface area contributed by atoms with Gasteiger partial charge in [-0.05, 0) is 18.6 Å². The van der Waals surface area contributed by atoms with Gasteiger partial charge in [0.25, 0.3) is 0 Å². The van der Waals surface area contributed by atoms with Crippen molar-refractivity contribution in [3.05, 3.63) is 34.0 Å². The van der Waals surface area contributed by atoms with Crippen LogP contribution in [-0.4, -0.2) is 4.57 Å². The molecule has 0 saturated carbocycles. The molecule has 0 radical (unpaired) electrons. The van der Waals surface area contributed by atoms with Crippen molar-refractivity contribution in [3.8, 4) is 0 Å². The number of nitroso groups, excluding NO2 is 1. The molecule has 0 aliphatic heterocycles. The number of hydrogen-bond acceptors (Lipinski definition) is 3. The van der Waals surface area contributed by atoms with Gasteiger partial charge in [0, 0.05) is 6.54 Å². The van der Waals surface area contributed by atoms with Crippen LogP contribution in [0, 0.1) is 4.91 Å². The smallest absolute Gasteiger partial charge is 0.215 e. The first-order valence-corrected chi connectivity index (χ1v) is 8.13. The van der Waals surface area contributed by atoms with Crippen molar-refractivity contribution in [2.45, 2.75) is 52.0 Å². The molecule has 0 bridgehead atoms. The third-order valence-electron chi connectivity index (χ3n) is 3.45. The lowest BCUT2D eigenvalue weighted by Gasteiger charge is -2.04. The van der Waals surface area contributed by atoms with Crippen molar-refractivity contribution in [3.63, 3.8) is 0 Å². The first-order valence-electron chi connectivity index (χ1n) is 7.31. The molecule has 1 aromatic carbocycles. The molecule has 5 heteroatoms. The Morgan fingerprint density at radius 1 is 1.10 bits per heavy atom. The summed E-state index contributed by atoms with van der Waals surface area (Å²) in [5.41, 5.74) is 1.15. The van der Waals surface area contributed by atoms with Crippen LogP contribution < -0.4 is 4.80 Å². The van der Waals surface area contributed by atoms with Gasteiger partial charge in [-0.1, -0.05) is 67.6 Å². The molecular formula is C15H21N3OS. The number of nitrogens with zero attached hydrogens (tertiary/aromatic N) is 3. The quantitative estimate of drug-likeness (QED) is 0.397. The van der Waals surface area contributed by atoms with E-state index in [0.717, 1.165) is 23.2 Å². The average molecular weight is 291 g/mol. The van der Waals surface area contributed by atoms with Crippen LogP contribution in [0.25, 0.3) is 10.2 Å². The predicted octanol–water partition coefficient (Wildman–Crippen LogP) is 4.65. The van der Waals surface area contributed by atoms with Crippen LogP contribution in [0.15, 0.2) is 34.7 Å². The van der Waals surface area contributed by atoms with Crippen molar-refractivity contribution in [2.75, 3.05) is 0 Å². The minimum atomic E-state index is 0.703. The Hall–Kier alpha value is -1.49. The molecule has 0 saturated heterocycles. The Bertz CT molecular complexity index is 615. The number of fused-ring (bicyclic) bond motifs is 1. The lowest BCUT2D eigenvalue weighted by atomic mass is 10.1. The van der Waals surface area contributed by atoms with E-state index in [1.807, 2.05) is 12.1 Å². The molecule has 0 fully saturated rings. The summed E-state index contributed by atoms with van der Waals surface area (Å²) >= 11 is 1.52. The third kappa shape index (κ3) is 3.76. The van der Waals surface area contributed by atoms with E-state index in [2.05, 4.69) is 34.0 Å². The number of aryl methyl sites for hydroxylation is 1. The number of rotatable bonds is 8. The van der Waals surface area contributed by atoms with Crippen molar-refractivity contribution >= 4 is 21.6 Å². The second-order valence-electron chi connectivity index (χ2n) is 4.95. The van der Waals surface area contributed by atoms with Crippen LogP contribution in [0.2, 0.25) is 0 Å². The molecule has 0 amide bonds. The predicted molar refractivity (Wildman–Crippen MR) is 84.5 cm³/mol. The van der Waals surface area contributed by atoms with Gasteiger partial charge in [0.15, 0.2) is 0 Å². The van der Waals surface area contributed by atoms with Gasteiger partial charge in [0.05, 0.1) is 15.5 Å². The fourth-order valence-electron chi connectivity index (χ4n) is 2.40. The molecule has 0 N–H and O–H groups in total. The standard InChI is InChI=1S/C15H21N3OS/c1-2-3-4-5-6-9-12-18-13-10-7-8-11-14(13)20-15(18)16-17-19/h7-8,10-11H,2-6,9,12H2,1H3/b16-15+. The minimum absolute atomic E-state index is 0.703. The summed E-state index contributed by atoms with van der Waals surface area (Å²) in [7, 11) is 0. The molecule has 2 rings (SSSR count). The van der Waals surface area contributed by atoms with E-state index in [9.17, 15) is 4.91 Å². The molecule has 0 aliphatic rings. The van der Waals surface area contributed by atoms with Gasteiger partial charge in [-0.15, -0.1) is 4.91 Å². The van der Waals surface area contributed by atoms with Gasteiger partial charge in [0.2, 0.25) is 4.80 Å². The second kappa shape index (κ2) is 7.94. The first-order chi connectivity index (χ1) is 9.86. The van der Waals surface area contributed by atoms with Crippen LogP contribution in [0.3, 0.4) is 0 Å². The molecular weight excluding hydrogens is 270 g/mol. The summed E-state index contributed by atoms with van der Waals surface area (Å²) in [6.45, 7) is 3.14. The van der Waals surface area contributed by atoms with Gasteiger partial charge in [0.1, 0.15) is 0 Å². The Morgan fingerprint density at radius 2 is 1.85 bits per heavy atom. The summed E-state index contributed by atoms with van der Waals surface area (Å²) < 4.78 is 3.27. The molecule has 0 unspecified atom stereocenters. The van der Waals surface area contributed by atoms with Gasteiger partial charge < -0.3 is 4.57 Å². The lowest BCUT2D eigenvalue weighted by molar-refractivity contribution is 0.558. The normalized spacial score (nSPS) is 12.2. The zero-order chi connectivity index (χ0) is 14.2. The van der Waals surface area contributed by atoms with E-state index in [1.165, 1.54) is 43.4 Å². The summed E-state index contributed by atoms with van der Waals surface area (Å²) in [5, 5.41) is 6.42. The molecule has 4 nitrogen and oxygen atoms in total. The molecule has 0 spiro atoms. The summed E-state index contributed by atoms with van der Waals surface area (Å²) in [6.07, 6.45) is 7.55. The van der Waals surface area contributed by atoms with Crippen molar-refractivity contribution < 1.29 is 0 Å². The Balaban J connectivity index is 2.06. The summed E-state index contributed by atoms with van der Waals surface area (Å²) in [5.74, 6) is 0. The molecule has 108 valence electrons. The highest BCUT2D eigenvalue weighted by Crippen LogP contribution is 2.17. The SMILES string of the molecule is CCCCCCCCn1/c(=N\N=O)sc2ccccc21. The highest BCUT2D eigenvalue weighted by Gasteiger charge is 2.05. The second-order valence-corrected chi connectivity index (χ2v) is 5.96. The largest absolute Gasteiger partial charge is 0.315 e. The van der Waals surface area contributed by atoms with E-state index in [0.29, 0.717) is 4.80 Å². The van der Waals surface area contributed by atoms with Crippen molar-refractivity contribution in [2.24, 2.45) is 10.4 Å². The molecule has 2 aromatic rings. The van der Waals surface area contributed by atoms with Gasteiger partial charge >= 0.3 is 0 Å². The maximum absolute atomic E-state index is 10.4. The molecule has 20 heavy (non-hydrogen) atoms. The van der Waals surface area contributed by atoms with Crippen molar-refractivity contribution in [1.29, 1.82) is 0 Å². The van der Waals surface area contributed by atoms with Crippen molar-refractivity contribution in [1.82, 2.24) is 4.57 Å². The van der Waals surface area contributed by atoms with Crippen LogP contribution in [0.5, 0.6) is 0 Å². The van der Waals surface area contributed by atoms with Crippen LogP contribution in [-0.2, 0) is 6.54 Å². The Labute approximate surface area is 123 Å². The Kier molecular flexibility index (Phi) is 5.92. The fourth-order valence-corrected chi connectivity index (χ4v) is 3.40. The lowest BCUT2D eigenvalue weighted by Crippen LogP contribution is -2.14. The number of unbranched alkanes of at least 4 members (excludes halogenated alkanes) is 5. The average Bonchev–Trinajstić information content (AvgIpc) is 2.81. The topological polar surface area (TPSA) is 46.7 Å². The van der Waals surface area contributed by atoms with Crippen LogP contribution in [0.4, 0.5) is 0 Å². The van der Waals surface area contributed by atoms with E-state index in [4.69, 9.17) is 0 Å². The van der Waals surface area contributed by atoms with E-state index >= 15 is 0 Å². The van der Waals surface area contributed by atoms with Gasteiger partial charge in [-0.2, -0.15) is 0 Å². The maximum Gasteiger partial charge on any atom is 0.215 e. The zero-order valence-electron chi connectivity index (χ0n) is 11.9. The number of aromatic nitrogens is 1. The van der Waals surface area contributed by atoms with E-state index in [-0.39, 0.29) is 0 Å². The highest BCUT2D eigenvalue weighted by atomic mass is 32.1. The fraction of sp³-hybridized carbons (Fsp3) is 0.533. The molecule has 0 atom stereocenters. The number of thiazole rings is 1. The number of hydrogen-bond donors (Lipinski definition) is 0. The molecule has 1 aromatic heterocycles.